The van der Waals surface area contributed by atoms with E-state index in [9.17, 15) is 8.42 Å². The molecule has 0 radical (unpaired) electrons. The summed E-state index contributed by atoms with van der Waals surface area (Å²) in [6.07, 6.45) is 1.02. The van der Waals surface area contributed by atoms with Crippen LogP contribution in [-0.4, -0.2) is 46.0 Å². The van der Waals surface area contributed by atoms with Crippen LogP contribution >= 0.6 is 0 Å². The molecule has 0 saturated heterocycles. The molecule has 6 nitrogen and oxygen atoms in total. The molecule has 1 heterocycles. The van der Waals surface area contributed by atoms with Gasteiger partial charge in [0, 0.05) is 12.1 Å². The Kier molecular flexibility index (Phi) is 6.40. The molecule has 0 aliphatic heterocycles. The van der Waals surface area contributed by atoms with Crippen molar-refractivity contribution >= 4 is 10.0 Å². The number of hydrogen-bond donors (Lipinski definition) is 2. The van der Waals surface area contributed by atoms with Crippen LogP contribution in [-0.2, 0) is 16.6 Å². The van der Waals surface area contributed by atoms with Crippen LogP contribution in [0.25, 0.3) is 0 Å². The second-order valence-corrected chi connectivity index (χ2v) is 7.63. The topological polar surface area (TPSA) is 74.6 Å². The van der Waals surface area contributed by atoms with Gasteiger partial charge >= 0.3 is 0 Å². The van der Waals surface area contributed by atoms with Crippen molar-refractivity contribution in [3.8, 4) is 0 Å². The van der Waals surface area contributed by atoms with Crippen molar-refractivity contribution in [3.05, 3.63) is 17.9 Å². The molecule has 0 bridgehead atoms. The zero-order chi connectivity index (χ0) is 16.1. The van der Waals surface area contributed by atoms with Gasteiger partial charge in [-0.05, 0) is 53.0 Å². The lowest BCUT2D eigenvalue weighted by Crippen LogP contribution is -2.48. The Bertz CT molecular complexity index is 535. The third-order valence-corrected chi connectivity index (χ3v) is 4.81. The predicted octanol–water partition coefficient (Wildman–Crippen LogP) is 1.40. The molecule has 0 atom stereocenters. The van der Waals surface area contributed by atoms with Crippen molar-refractivity contribution in [3.63, 3.8) is 0 Å². The monoisotopic (exact) mass is 317 g/mol. The van der Waals surface area contributed by atoms with Crippen molar-refractivity contribution < 1.29 is 12.8 Å². The van der Waals surface area contributed by atoms with Crippen molar-refractivity contribution in [2.45, 2.75) is 44.4 Å². The van der Waals surface area contributed by atoms with Crippen LogP contribution in [0.2, 0.25) is 0 Å². The zero-order valence-corrected chi connectivity index (χ0v) is 14.4. The van der Waals surface area contributed by atoms with Crippen molar-refractivity contribution in [1.82, 2.24) is 14.9 Å². The normalized spacial score (nSPS) is 13.0. The first kappa shape index (κ1) is 18.2. The molecule has 1 aromatic rings. The van der Waals surface area contributed by atoms with Gasteiger partial charge in [-0.1, -0.05) is 6.92 Å². The summed E-state index contributed by atoms with van der Waals surface area (Å²) in [7, 11) is 0.223. The maximum absolute atomic E-state index is 12.2. The maximum Gasteiger partial charge on any atom is 0.274 e. The molecule has 1 rings (SSSR count). The summed E-state index contributed by atoms with van der Waals surface area (Å²) in [5.41, 5.74) is -0.273. The van der Waals surface area contributed by atoms with Gasteiger partial charge in [-0.15, -0.1) is 0 Å². The number of hydrogen-bond acceptors (Lipinski definition) is 5. The molecule has 0 amide bonds. The SMILES string of the molecule is CCCNCc1ccc(S(=O)(=O)NCC(C)(C)N(C)C)o1. The first-order chi connectivity index (χ1) is 9.69. The van der Waals surface area contributed by atoms with Gasteiger partial charge in [-0.25, -0.2) is 13.1 Å². The van der Waals surface area contributed by atoms with Gasteiger partial charge in [0.1, 0.15) is 5.76 Å². The molecule has 0 spiro atoms. The molecule has 0 aromatic carbocycles. The molecule has 0 fully saturated rings. The van der Waals surface area contributed by atoms with E-state index in [-0.39, 0.29) is 10.6 Å². The van der Waals surface area contributed by atoms with E-state index in [1.165, 1.54) is 6.07 Å². The van der Waals surface area contributed by atoms with E-state index in [1.807, 2.05) is 32.8 Å². The minimum Gasteiger partial charge on any atom is -0.447 e. The highest BCUT2D eigenvalue weighted by molar-refractivity contribution is 7.89. The van der Waals surface area contributed by atoms with Gasteiger partial charge in [-0.3, -0.25) is 0 Å². The Balaban J connectivity index is 2.66. The second kappa shape index (κ2) is 7.40. The fourth-order valence-electron chi connectivity index (χ4n) is 1.49. The predicted molar refractivity (Wildman–Crippen MR) is 83.7 cm³/mol. The third-order valence-electron chi connectivity index (χ3n) is 3.53. The summed E-state index contributed by atoms with van der Waals surface area (Å²) < 4.78 is 32.4. The minimum absolute atomic E-state index is 0.0367. The van der Waals surface area contributed by atoms with Crippen molar-refractivity contribution in [1.29, 1.82) is 0 Å². The summed E-state index contributed by atoms with van der Waals surface area (Å²) >= 11 is 0. The van der Waals surface area contributed by atoms with Crippen molar-refractivity contribution in [2.75, 3.05) is 27.2 Å². The molecular formula is C14H27N3O3S. The van der Waals surface area contributed by atoms with Crippen LogP contribution in [0.3, 0.4) is 0 Å². The number of furan rings is 1. The molecule has 21 heavy (non-hydrogen) atoms. The van der Waals surface area contributed by atoms with E-state index >= 15 is 0 Å². The highest BCUT2D eigenvalue weighted by Crippen LogP contribution is 2.15. The number of nitrogens with one attached hydrogen (secondary N) is 2. The zero-order valence-electron chi connectivity index (χ0n) is 13.6. The lowest BCUT2D eigenvalue weighted by atomic mass is 10.1. The largest absolute Gasteiger partial charge is 0.447 e. The number of rotatable bonds is 9. The molecule has 0 aliphatic rings. The van der Waals surface area contributed by atoms with Crippen molar-refractivity contribution in [2.24, 2.45) is 0 Å². The quantitative estimate of drug-likeness (QED) is 0.673. The molecule has 1 aromatic heterocycles. The second-order valence-electron chi connectivity index (χ2n) is 5.93. The summed E-state index contributed by atoms with van der Waals surface area (Å²) in [4.78, 5) is 1.97. The number of sulfonamides is 1. The number of likely N-dealkylation sites (N-methyl/N-ethyl adjacent to an activating group) is 1. The molecule has 0 unspecified atom stereocenters. The van der Waals surface area contributed by atoms with E-state index in [4.69, 9.17) is 4.42 Å². The van der Waals surface area contributed by atoms with E-state index < -0.39 is 10.0 Å². The van der Waals surface area contributed by atoms with Gasteiger partial charge in [0.2, 0.25) is 5.09 Å². The Morgan fingerprint density at radius 1 is 1.29 bits per heavy atom. The fourth-order valence-corrected chi connectivity index (χ4v) is 2.64. The Morgan fingerprint density at radius 3 is 2.52 bits per heavy atom. The van der Waals surface area contributed by atoms with Gasteiger partial charge in [-0.2, -0.15) is 0 Å². The van der Waals surface area contributed by atoms with Gasteiger partial charge in [0.05, 0.1) is 6.54 Å². The Hall–Kier alpha value is -0.890. The maximum atomic E-state index is 12.2. The number of nitrogens with zero attached hydrogens (tertiary/aromatic N) is 1. The molecule has 0 saturated carbocycles. The van der Waals surface area contributed by atoms with Gasteiger partial charge in [0.15, 0.2) is 0 Å². The third kappa shape index (κ3) is 5.43. The molecule has 0 aliphatic carbocycles. The summed E-state index contributed by atoms with van der Waals surface area (Å²) in [5.74, 6) is 0.621. The Labute approximate surface area is 127 Å². The van der Waals surface area contributed by atoms with Crippen LogP contribution in [0.5, 0.6) is 0 Å². The fraction of sp³-hybridized carbons (Fsp3) is 0.714. The summed E-state index contributed by atoms with van der Waals surface area (Å²) in [6.45, 7) is 7.73. The Morgan fingerprint density at radius 2 is 1.95 bits per heavy atom. The minimum atomic E-state index is -3.61. The smallest absolute Gasteiger partial charge is 0.274 e. The van der Waals surface area contributed by atoms with Crippen LogP contribution in [0.4, 0.5) is 0 Å². The van der Waals surface area contributed by atoms with E-state index in [1.54, 1.807) is 6.07 Å². The highest BCUT2D eigenvalue weighted by atomic mass is 32.2. The summed E-state index contributed by atoms with van der Waals surface area (Å²) in [6, 6.07) is 3.18. The van der Waals surface area contributed by atoms with Crippen LogP contribution in [0.1, 0.15) is 33.0 Å². The van der Waals surface area contributed by atoms with Crippen LogP contribution in [0.15, 0.2) is 21.6 Å². The highest BCUT2D eigenvalue weighted by Gasteiger charge is 2.25. The first-order valence-electron chi connectivity index (χ1n) is 7.15. The standard InChI is InChI=1S/C14H27N3O3S/c1-6-9-15-10-12-7-8-13(20-12)21(18,19)16-11-14(2,3)17(4)5/h7-8,15-16H,6,9-11H2,1-5H3. The first-order valence-corrected chi connectivity index (χ1v) is 8.64. The van der Waals surface area contributed by atoms with Gasteiger partial charge in [0.25, 0.3) is 10.0 Å². The van der Waals surface area contributed by atoms with E-state index in [0.717, 1.165) is 13.0 Å². The van der Waals surface area contributed by atoms with Crippen LogP contribution in [0, 0.1) is 0 Å². The average molecular weight is 317 g/mol. The van der Waals surface area contributed by atoms with Gasteiger partial charge < -0.3 is 14.6 Å². The average Bonchev–Trinajstić information content (AvgIpc) is 2.86. The molecule has 2 N–H and O–H groups in total. The van der Waals surface area contributed by atoms with E-state index in [2.05, 4.69) is 17.0 Å². The lowest BCUT2D eigenvalue weighted by Gasteiger charge is -2.32. The van der Waals surface area contributed by atoms with Crippen LogP contribution < -0.4 is 10.0 Å². The molecule has 7 heteroatoms. The lowest BCUT2D eigenvalue weighted by molar-refractivity contribution is 0.198. The molecule has 122 valence electrons. The summed E-state index contributed by atoms with van der Waals surface area (Å²) in [5, 5.41) is 3.13. The van der Waals surface area contributed by atoms with E-state index in [0.29, 0.717) is 18.8 Å². The molecular weight excluding hydrogens is 290 g/mol.